The number of hydrogen-bond acceptors (Lipinski definition) is 4. The monoisotopic (exact) mass is 467 g/mol. The zero-order valence-corrected chi connectivity index (χ0v) is 18.4. The Morgan fingerprint density at radius 3 is 2.65 bits per heavy atom. The zero-order chi connectivity index (χ0) is 23.7. The summed E-state index contributed by atoms with van der Waals surface area (Å²) in [5.74, 6) is -3.49. The molecule has 0 spiro atoms. The molecule has 1 fully saturated rings. The molecule has 2 atom stereocenters. The van der Waals surface area contributed by atoms with Gasteiger partial charge in [0.15, 0.2) is 17.5 Å². The van der Waals surface area contributed by atoms with Crippen molar-refractivity contribution < 1.29 is 22.7 Å². The van der Waals surface area contributed by atoms with E-state index in [2.05, 4.69) is 10.2 Å². The van der Waals surface area contributed by atoms with Gasteiger partial charge in [-0.15, -0.1) is 0 Å². The summed E-state index contributed by atoms with van der Waals surface area (Å²) in [5, 5.41) is 8.94. The van der Waals surface area contributed by atoms with Crippen molar-refractivity contribution in [2.45, 2.75) is 31.3 Å². The number of carbonyl (C=O) groups is 1. The Hall–Kier alpha value is -3.82. The lowest BCUT2D eigenvalue weighted by atomic mass is 9.94. The molecule has 4 aromatic rings. The molecule has 1 saturated heterocycles. The predicted molar refractivity (Wildman–Crippen MR) is 116 cm³/mol. The minimum absolute atomic E-state index is 0.0868. The van der Waals surface area contributed by atoms with E-state index < -0.39 is 17.5 Å². The van der Waals surface area contributed by atoms with E-state index in [0.717, 1.165) is 30.5 Å². The molecule has 0 radical (unpaired) electrons. The van der Waals surface area contributed by atoms with Crippen LogP contribution in [0, 0.1) is 17.5 Å². The van der Waals surface area contributed by atoms with Crippen molar-refractivity contribution in [1.82, 2.24) is 24.3 Å². The number of carbonyl (C=O) groups excluding carboxylic acids is 1. The van der Waals surface area contributed by atoms with Crippen LogP contribution >= 0.6 is 0 Å². The van der Waals surface area contributed by atoms with E-state index in [1.807, 2.05) is 4.90 Å². The number of nitrogens with zero attached hydrogens (tertiary/aromatic N) is 5. The van der Waals surface area contributed by atoms with E-state index >= 15 is 0 Å². The predicted octanol–water partition coefficient (Wildman–Crippen LogP) is 4.06. The normalized spacial score (nSPS) is 19.0. The Labute approximate surface area is 192 Å². The third kappa shape index (κ3) is 2.87. The Bertz CT molecular complexity index is 1450. The van der Waals surface area contributed by atoms with Crippen LogP contribution in [0.4, 0.5) is 13.2 Å². The number of halogens is 3. The molecule has 3 aromatic heterocycles. The van der Waals surface area contributed by atoms with Crippen LogP contribution in [0.5, 0.6) is 5.75 Å². The van der Waals surface area contributed by atoms with Crippen molar-refractivity contribution >= 4 is 11.4 Å². The van der Waals surface area contributed by atoms with Crippen LogP contribution in [0.1, 0.15) is 40.5 Å². The molecule has 6 rings (SSSR count). The van der Waals surface area contributed by atoms with Gasteiger partial charge in [-0.2, -0.15) is 10.2 Å². The van der Waals surface area contributed by atoms with Crippen molar-refractivity contribution in [3.8, 4) is 17.0 Å². The van der Waals surface area contributed by atoms with Gasteiger partial charge in [0.1, 0.15) is 5.75 Å². The van der Waals surface area contributed by atoms with E-state index in [-0.39, 0.29) is 23.6 Å². The Morgan fingerprint density at radius 1 is 1.15 bits per heavy atom. The van der Waals surface area contributed by atoms with Gasteiger partial charge in [-0.25, -0.2) is 17.7 Å². The first-order chi connectivity index (χ1) is 16.4. The second-order valence-electron chi connectivity index (χ2n) is 8.71. The first-order valence-corrected chi connectivity index (χ1v) is 10.9. The van der Waals surface area contributed by atoms with Crippen molar-refractivity contribution in [3.63, 3.8) is 0 Å². The summed E-state index contributed by atoms with van der Waals surface area (Å²) in [7, 11) is 3.25. The summed E-state index contributed by atoms with van der Waals surface area (Å²) in [4.78, 5) is 15.5. The lowest BCUT2D eigenvalue weighted by molar-refractivity contribution is 0.0644. The van der Waals surface area contributed by atoms with Crippen molar-refractivity contribution in [2.24, 2.45) is 7.05 Å². The van der Waals surface area contributed by atoms with Gasteiger partial charge in [0, 0.05) is 24.2 Å². The molecule has 2 aliphatic heterocycles. The van der Waals surface area contributed by atoms with E-state index in [4.69, 9.17) is 4.74 Å². The standard InChI is InChI=1S/C24H20F3N5O2/c1-30-23(12-7-17(25)21(27)18(26)8-12)15-9-13-3-5-20(22(15)29-30)32(13)24(33)16-10-28-31-11-14(34-2)4-6-19(16)31/h4,6-8,10-11,13,20H,3,5,9H2,1-2H3. The van der Waals surface area contributed by atoms with E-state index in [1.54, 1.807) is 47.9 Å². The van der Waals surface area contributed by atoms with Gasteiger partial charge in [-0.1, -0.05) is 0 Å². The number of rotatable bonds is 3. The summed E-state index contributed by atoms with van der Waals surface area (Å²) >= 11 is 0. The third-order valence-corrected chi connectivity index (χ3v) is 6.88. The number of amides is 1. The fourth-order valence-corrected chi connectivity index (χ4v) is 5.40. The summed E-state index contributed by atoms with van der Waals surface area (Å²) in [6.45, 7) is 0. The lowest BCUT2D eigenvalue weighted by Crippen LogP contribution is -2.41. The molecule has 5 heterocycles. The molecular formula is C24H20F3N5O2. The van der Waals surface area contributed by atoms with Crippen LogP contribution in [0.25, 0.3) is 16.8 Å². The maximum absolute atomic E-state index is 13.9. The lowest BCUT2D eigenvalue weighted by Gasteiger charge is -2.34. The van der Waals surface area contributed by atoms with Crippen LogP contribution < -0.4 is 4.74 Å². The molecular weight excluding hydrogens is 447 g/mol. The smallest absolute Gasteiger partial charge is 0.258 e. The maximum Gasteiger partial charge on any atom is 0.258 e. The molecule has 2 aliphatic rings. The van der Waals surface area contributed by atoms with Crippen LogP contribution in [0.2, 0.25) is 0 Å². The largest absolute Gasteiger partial charge is 0.495 e. The number of aromatic nitrogens is 4. The van der Waals surface area contributed by atoms with Gasteiger partial charge in [0.25, 0.3) is 5.91 Å². The zero-order valence-electron chi connectivity index (χ0n) is 18.4. The number of fused-ring (bicyclic) bond motifs is 5. The number of ether oxygens (including phenoxy) is 1. The Kier molecular flexibility index (Phi) is 4.48. The molecule has 0 N–H and O–H groups in total. The second kappa shape index (κ2) is 7.34. The first-order valence-electron chi connectivity index (χ1n) is 10.9. The van der Waals surface area contributed by atoms with Crippen LogP contribution in [0.3, 0.4) is 0 Å². The quantitative estimate of drug-likeness (QED) is 0.427. The Balaban J connectivity index is 1.40. The highest BCUT2D eigenvalue weighted by Crippen LogP contribution is 2.47. The topological polar surface area (TPSA) is 64.7 Å². The molecule has 174 valence electrons. The molecule has 0 aliphatic carbocycles. The maximum atomic E-state index is 13.9. The summed E-state index contributed by atoms with van der Waals surface area (Å²) in [6, 6.07) is 5.21. The summed E-state index contributed by atoms with van der Waals surface area (Å²) in [6.07, 6.45) is 5.28. The molecule has 1 aromatic carbocycles. The highest BCUT2D eigenvalue weighted by Gasteiger charge is 2.46. The first kappa shape index (κ1) is 20.8. The number of aryl methyl sites for hydroxylation is 1. The number of pyridine rings is 1. The van der Waals surface area contributed by atoms with Gasteiger partial charge >= 0.3 is 0 Å². The average molecular weight is 467 g/mol. The number of methoxy groups -OCH3 is 1. The van der Waals surface area contributed by atoms with Gasteiger partial charge in [0.05, 0.1) is 48.0 Å². The van der Waals surface area contributed by atoms with Crippen molar-refractivity contribution in [3.05, 3.63) is 70.9 Å². The van der Waals surface area contributed by atoms with Crippen molar-refractivity contribution in [2.75, 3.05) is 7.11 Å². The second-order valence-corrected chi connectivity index (χ2v) is 8.71. The van der Waals surface area contributed by atoms with E-state index in [9.17, 15) is 18.0 Å². The van der Waals surface area contributed by atoms with Crippen molar-refractivity contribution in [1.29, 1.82) is 0 Å². The molecule has 10 heteroatoms. The molecule has 34 heavy (non-hydrogen) atoms. The van der Waals surface area contributed by atoms with Gasteiger partial charge in [0.2, 0.25) is 0 Å². The van der Waals surface area contributed by atoms with Crippen LogP contribution in [0.15, 0.2) is 36.7 Å². The van der Waals surface area contributed by atoms with Crippen LogP contribution in [-0.4, -0.2) is 43.4 Å². The average Bonchev–Trinajstić information content (AvgIpc) is 3.49. The number of hydrogen-bond donors (Lipinski definition) is 0. The fourth-order valence-electron chi connectivity index (χ4n) is 5.40. The van der Waals surface area contributed by atoms with Gasteiger partial charge in [-0.05, 0) is 43.5 Å². The Morgan fingerprint density at radius 2 is 1.91 bits per heavy atom. The summed E-state index contributed by atoms with van der Waals surface area (Å²) < 4.78 is 49.8. The van der Waals surface area contributed by atoms with E-state index in [0.29, 0.717) is 34.6 Å². The van der Waals surface area contributed by atoms with E-state index in [1.165, 1.54) is 0 Å². The SMILES string of the molecule is COc1ccc2c(C(=O)N3C4CCC3c3nn(C)c(-c5cc(F)c(F)c(F)c5)c3C4)cnn2c1. The molecule has 0 saturated carbocycles. The third-order valence-electron chi connectivity index (χ3n) is 6.88. The summed E-state index contributed by atoms with van der Waals surface area (Å²) in [5.41, 5.74) is 3.48. The molecule has 2 unspecified atom stereocenters. The highest BCUT2D eigenvalue weighted by atomic mass is 19.2. The molecule has 1 amide bonds. The molecule has 2 bridgehead atoms. The highest BCUT2D eigenvalue weighted by molar-refractivity contribution is 6.01. The fraction of sp³-hybridized carbons (Fsp3) is 0.292. The molecule has 7 nitrogen and oxygen atoms in total. The minimum atomic E-state index is -1.50. The number of benzene rings is 1. The van der Waals surface area contributed by atoms with Gasteiger partial charge in [-0.3, -0.25) is 9.48 Å². The van der Waals surface area contributed by atoms with Crippen LogP contribution in [-0.2, 0) is 13.5 Å². The van der Waals surface area contributed by atoms with Gasteiger partial charge < -0.3 is 9.64 Å². The minimum Gasteiger partial charge on any atom is -0.495 e.